The van der Waals surface area contributed by atoms with E-state index in [1.54, 1.807) is 14.1 Å². The minimum Gasteiger partial charge on any atom is -0.346 e. The molecule has 0 aromatic heterocycles. The highest BCUT2D eigenvalue weighted by atomic mass is 32.2. The number of nitrogens with zero attached hydrogens (tertiary/aromatic N) is 3. The van der Waals surface area contributed by atoms with Gasteiger partial charge in [0, 0.05) is 57.6 Å². The van der Waals surface area contributed by atoms with Crippen molar-refractivity contribution < 1.29 is 44.2 Å². The molecule has 0 bridgehead atoms. The van der Waals surface area contributed by atoms with Crippen molar-refractivity contribution in [2.75, 3.05) is 71.8 Å². The van der Waals surface area contributed by atoms with Crippen molar-refractivity contribution in [2.45, 2.75) is 19.3 Å². The van der Waals surface area contributed by atoms with Crippen LogP contribution in [0.4, 0.5) is 0 Å². The van der Waals surface area contributed by atoms with Gasteiger partial charge in [-0.25, -0.2) is 0 Å². The average molecular weight is 560 g/mol. The fraction of sp³-hybridized carbons (Fsp3) is 0.737. The minimum atomic E-state index is -3.73. The lowest BCUT2D eigenvalue weighted by Gasteiger charge is -2.29. The third kappa shape index (κ3) is 12.2. The summed E-state index contributed by atoms with van der Waals surface area (Å²) in [6.45, 7) is 0.132. The molecule has 0 atom stereocenters. The van der Waals surface area contributed by atoms with E-state index < -0.39 is 39.3 Å². The predicted molar refractivity (Wildman–Crippen MR) is 129 cm³/mol. The monoisotopic (exact) mass is 559 g/mol. The van der Waals surface area contributed by atoms with Gasteiger partial charge >= 0.3 is 0 Å². The zero-order valence-electron chi connectivity index (χ0n) is 20.4. The van der Waals surface area contributed by atoms with E-state index in [-0.39, 0.29) is 51.0 Å². The van der Waals surface area contributed by atoms with Gasteiger partial charge in [-0.2, -0.15) is 16.8 Å². The fourth-order valence-corrected chi connectivity index (χ4v) is 6.37. The van der Waals surface area contributed by atoms with E-state index >= 15 is 0 Å². The van der Waals surface area contributed by atoms with Gasteiger partial charge in [-0.3, -0.25) is 32.3 Å². The van der Waals surface area contributed by atoms with E-state index in [0.717, 1.165) is 17.4 Å². The van der Waals surface area contributed by atoms with Crippen LogP contribution in [0.5, 0.6) is 0 Å². The van der Waals surface area contributed by atoms with E-state index in [9.17, 15) is 35.8 Å². The maximum atomic E-state index is 13.4. The van der Waals surface area contributed by atoms with Gasteiger partial charge in [0.1, 0.15) is 0 Å². The van der Waals surface area contributed by atoms with E-state index in [0.29, 0.717) is 19.4 Å². The van der Waals surface area contributed by atoms with Crippen LogP contribution in [0.15, 0.2) is 12.2 Å². The van der Waals surface area contributed by atoms with Crippen molar-refractivity contribution in [3.8, 4) is 0 Å². The lowest BCUT2D eigenvalue weighted by Crippen LogP contribution is -2.33. The van der Waals surface area contributed by atoms with Gasteiger partial charge in [0.2, 0.25) is 5.91 Å². The normalized spacial score (nSPS) is 14.8. The third-order valence-electron chi connectivity index (χ3n) is 5.17. The first-order valence-corrected chi connectivity index (χ1v) is 16.5. The summed E-state index contributed by atoms with van der Waals surface area (Å²) in [6.07, 6.45) is 4.79. The standard InChI is InChI=1S/C19H34N3O10PS2/c1-20(17(23)7-5-12-22-18(24)8-9-19(22)25)10-6-11-21(2)33(26,15-13-31-34(3,27)28)16-14-32-35(4,29)30/h8-9H,5-7,10-16H2,1-4H3. The Morgan fingerprint density at radius 2 is 1.40 bits per heavy atom. The summed E-state index contributed by atoms with van der Waals surface area (Å²) >= 11 is 0. The number of hydrogen-bond acceptors (Lipinski definition) is 10. The second-order valence-electron chi connectivity index (χ2n) is 8.16. The summed E-state index contributed by atoms with van der Waals surface area (Å²) in [5.41, 5.74) is 0. The lowest BCUT2D eigenvalue weighted by molar-refractivity contribution is -0.138. The van der Waals surface area contributed by atoms with Crippen LogP contribution in [0, 0.1) is 0 Å². The van der Waals surface area contributed by atoms with Crippen molar-refractivity contribution in [1.82, 2.24) is 14.5 Å². The quantitative estimate of drug-likeness (QED) is 0.131. The molecule has 0 aromatic carbocycles. The molecule has 0 N–H and O–H groups in total. The van der Waals surface area contributed by atoms with Crippen molar-refractivity contribution in [2.24, 2.45) is 0 Å². The fourth-order valence-electron chi connectivity index (χ4n) is 3.19. The Kier molecular flexibility index (Phi) is 12.2. The van der Waals surface area contributed by atoms with Gasteiger partial charge < -0.3 is 9.46 Å². The number of carbonyl (C=O) groups excluding carboxylic acids is 3. The first kappa shape index (κ1) is 31.4. The average Bonchev–Trinajstić information content (AvgIpc) is 3.03. The molecular weight excluding hydrogens is 525 g/mol. The molecule has 0 radical (unpaired) electrons. The van der Waals surface area contributed by atoms with Crippen LogP contribution in [0.3, 0.4) is 0 Å². The molecule has 202 valence electrons. The molecule has 35 heavy (non-hydrogen) atoms. The maximum Gasteiger partial charge on any atom is 0.264 e. The summed E-state index contributed by atoms with van der Waals surface area (Å²) in [5.74, 6) is -0.967. The summed E-state index contributed by atoms with van der Waals surface area (Å²) in [5, 5.41) is 0. The zero-order valence-corrected chi connectivity index (χ0v) is 22.9. The largest absolute Gasteiger partial charge is 0.346 e. The molecule has 0 fully saturated rings. The maximum absolute atomic E-state index is 13.4. The Balaban J connectivity index is 2.53. The van der Waals surface area contributed by atoms with E-state index in [4.69, 9.17) is 8.37 Å². The highest BCUT2D eigenvalue weighted by Gasteiger charge is 2.28. The van der Waals surface area contributed by atoms with Crippen LogP contribution in [0.2, 0.25) is 0 Å². The Hall–Kier alpha value is -1.64. The molecule has 13 nitrogen and oxygen atoms in total. The van der Waals surface area contributed by atoms with Gasteiger partial charge in [-0.05, 0) is 19.9 Å². The van der Waals surface area contributed by atoms with E-state index in [1.165, 1.54) is 21.7 Å². The molecule has 1 heterocycles. The highest BCUT2D eigenvalue weighted by molar-refractivity contribution is 7.86. The summed E-state index contributed by atoms with van der Waals surface area (Å²) in [4.78, 5) is 38.0. The summed E-state index contributed by atoms with van der Waals surface area (Å²) in [6, 6.07) is 0. The Bertz CT molecular complexity index is 999. The smallest absolute Gasteiger partial charge is 0.264 e. The SMILES string of the molecule is CN(CCCN(C)P(=O)(CCOS(C)(=O)=O)CCOS(C)(=O)=O)C(=O)CCCN1C(=O)C=CC1=O. The lowest BCUT2D eigenvalue weighted by atomic mass is 10.2. The number of imide groups is 1. The van der Waals surface area contributed by atoms with E-state index in [1.807, 2.05) is 0 Å². The Labute approximate surface area is 207 Å². The van der Waals surface area contributed by atoms with Crippen LogP contribution in [-0.4, -0.2) is 121 Å². The molecule has 1 rings (SSSR count). The molecule has 0 aromatic rings. The molecular formula is C19H34N3O10PS2. The topological polar surface area (TPSA) is 165 Å². The van der Waals surface area contributed by atoms with Gasteiger partial charge in [0.25, 0.3) is 32.1 Å². The van der Waals surface area contributed by atoms with Crippen LogP contribution in [-0.2, 0) is 47.6 Å². The Morgan fingerprint density at radius 3 is 1.86 bits per heavy atom. The number of hydrogen-bond donors (Lipinski definition) is 0. The van der Waals surface area contributed by atoms with Crippen molar-refractivity contribution in [1.29, 1.82) is 0 Å². The number of carbonyl (C=O) groups is 3. The van der Waals surface area contributed by atoms with Gasteiger partial charge in [0.15, 0.2) is 7.29 Å². The molecule has 1 aliphatic rings. The third-order valence-corrected chi connectivity index (χ3v) is 9.57. The zero-order chi connectivity index (χ0) is 26.9. The molecule has 0 saturated heterocycles. The molecule has 0 spiro atoms. The first-order valence-electron chi connectivity index (χ1n) is 10.8. The minimum absolute atomic E-state index is 0.124. The highest BCUT2D eigenvalue weighted by Crippen LogP contribution is 2.48. The first-order chi connectivity index (χ1) is 16.0. The van der Waals surface area contributed by atoms with Crippen molar-refractivity contribution in [3.05, 3.63) is 12.2 Å². The second kappa shape index (κ2) is 13.6. The Morgan fingerprint density at radius 1 is 0.914 bits per heavy atom. The van der Waals surface area contributed by atoms with Gasteiger partial charge in [0.05, 0.1) is 25.7 Å². The molecule has 0 unspecified atom stereocenters. The number of amides is 3. The van der Waals surface area contributed by atoms with Crippen LogP contribution >= 0.6 is 7.29 Å². The van der Waals surface area contributed by atoms with Crippen molar-refractivity contribution in [3.63, 3.8) is 0 Å². The van der Waals surface area contributed by atoms with E-state index in [2.05, 4.69) is 0 Å². The molecule has 3 amide bonds. The molecule has 1 aliphatic heterocycles. The number of rotatable bonds is 17. The van der Waals surface area contributed by atoms with Crippen LogP contribution < -0.4 is 0 Å². The molecule has 0 aliphatic carbocycles. The van der Waals surface area contributed by atoms with Crippen molar-refractivity contribution >= 4 is 45.3 Å². The van der Waals surface area contributed by atoms with Crippen LogP contribution in [0.25, 0.3) is 0 Å². The molecule has 16 heteroatoms. The van der Waals surface area contributed by atoms with Gasteiger partial charge in [-0.15, -0.1) is 0 Å². The molecule has 0 saturated carbocycles. The van der Waals surface area contributed by atoms with Gasteiger partial charge in [-0.1, -0.05) is 0 Å². The second-order valence-corrected chi connectivity index (χ2v) is 14.7. The van der Waals surface area contributed by atoms with Crippen LogP contribution in [0.1, 0.15) is 19.3 Å². The predicted octanol–water partition coefficient (Wildman–Crippen LogP) is -0.298. The summed E-state index contributed by atoms with van der Waals surface area (Å²) < 4.78 is 69.2. The summed E-state index contributed by atoms with van der Waals surface area (Å²) in [7, 11) is -7.51.